The van der Waals surface area contributed by atoms with Crippen molar-refractivity contribution in [1.29, 1.82) is 0 Å². The van der Waals surface area contributed by atoms with Gasteiger partial charge in [0, 0.05) is 18.3 Å². The van der Waals surface area contributed by atoms with E-state index in [-0.39, 0.29) is 17.7 Å². The van der Waals surface area contributed by atoms with E-state index in [9.17, 15) is 9.90 Å². The Morgan fingerprint density at radius 3 is 3.00 bits per heavy atom. The summed E-state index contributed by atoms with van der Waals surface area (Å²) in [5.74, 6) is 0.345. The zero-order chi connectivity index (χ0) is 16.1. The number of allylic oxidation sites excluding steroid dienone is 2. The number of phenols is 1. The molecule has 1 aliphatic carbocycles. The summed E-state index contributed by atoms with van der Waals surface area (Å²) in [6.07, 6.45) is 7.22. The maximum atomic E-state index is 13.2. The second-order valence-electron chi connectivity index (χ2n) is 6.16. The summed E-state index contributed by atoms with van der Waals surface area (Å²) in [5.41, 5.74) is 3.71. The molecule has 0 bridgehead atoms. The predicted molar refractivity (Wildman–Crippen MR) is 91.7 cm³/mol. The number of ether oxygens (including phenoxy) is 1. The number of aromatic hydroxyl groups is 1. The number of anilines is 1. The van der Waals surface area contributed by atoms with Gasteiger partial charge in [0.05, 0.1) is 24.4 Å². The SMILES string of the molecule is COc1cc2c(cc1O)N(P)CC1CC3=C(C=CCC3)N1C2=O. The van der Waals surface area contributed by atoms with Crippen molar-refractivity contribution in [3.05, 3.63) is 41.1 Å². The lowest BCUT2D eigenvalue weighted by atomic mass is 10.0. The van der Waals surface area contributed by atoms with Crippen LogP contribution < -0.4 is 9.41 Å². The van der Waals surface area contributed by atoms with Crippen molar-refractivity contribution in [3.63, 3.8) is 0 Å². The fourth-order valence-electron chi connectivity index (χ4n) is 3.73. The molecule has 2 heterocycles. The number of carbonyl (C=O) groups is 1. The molecule has 1 aromatic rings. The van der Waals surface area contributed by atoms with Crippen LogP contribution in [0.15, 0.2) is 35.6 Å². The van der Waals surface area contributed by atoms with Crippen molar-refractivity contribution < 1.29 is 14.6 Å². The Bertz CT molecular complexity index is 756. The molecule has 120 valence electrons. The standard InChI is InChI=1S/C17H19N2O3P/c1-22-16-7-12-14(8-15(16)20)18(23)9-11-6-10-4-2-3-5-13(10)19(11)17(12)21/h3,5,7-8,11,20H,2,4,6,9,23H2,1H3. The Morgan fingerprint density at radius 1 is 1.39 bits per heavy atom. The van der Waals surface area contributed by atoms with Gasteiger partial charge < -0.3 is 19.4 Å². The first kappa shape index (κ1) is 14.6. The van der Waals surface area contributed by atoms with E-state index in [0.717, 1.165) is 37.2 Å². The first-order valence-corrected chi connectivity index (χ1v) is 8.27. The minimum Gasteiger partial charge on any atom is -0.504 e. The molecule has 0 saturated heterocycles. The smallest absolute Gasteiger partial charge is 0.260 e. The molecule has 0 saturated carbocycles. The van der Waals surface area contributed by atoms with Gasteiger partial charge in [-0.15, -0.1) is 0 Å². The lowest BCUT2D eigenvalue weighted by Gasteiger charge is -2.26. The largest absolute Gasteiger partial charge is 0.504 e. The summed E-state index contributed by atoms with van der Waals surface area (Å²) in [6, 6.07) is 3.37. The monoisotopic (exact) mass is 330 g/mol. The summed E-state index contributed by atoms with van der Waals surface area (Å²) in [5, 5.41) is 10.0. The van der Waals surface area contributed by atoms with Gasteiger partial charge in [-0.2, -0.15) is 0 Å². The molecular formula is C17H19N2O3P. The topological polar surface area (TPSA) is 53.0 Å². The van der Waals surface area contributed by atoms with Gasteiger partial charge in [-0.25, -0.2) is 0 Å². The molecule has 0 radical (unpaired) electrons. The van der Waals surface area contributed by atoms with Gasteiger partial charge in [-0.05, 0) is 46.4 Å². The third-order valence-electron chi connectivity index (χ3n) is 4.82. The number of amides is 1. The molecule has 0 aromatic heterocycles. The van der Waals surface area contributed by atoms with E-state index >= 15 is 0 Å². The summed E-state index contributed by atoms with van der Waals surface area (Å²) in [7, 11) is 4.16. The quantitative estimate of drug-likeness (QED) is 0.805. The second-order valence-corrected chi connectivity index (χ2v) is 6.78. The lowest BCUT2D eigenvalue weighted by Crippen LogP contribution is -2.38. The Morgan fingerprint density at radius 2 is 2.22 bits per heavy atom. The van der Waals surface area contributed by atoms with Crippen molar-refractivity contribution in [2.45, 2.75) is 25.3 Å². The van der Waals surface area contributed by atoms with Crippen LogP contribution in [0.1, 0.15) is 29.6 Å². The summed E-state index contributed by atoms with van der Waals surface area (Å²) in [6.45, 7) is 0.718. The number of phenolic OH excluding ortho intramolecular Hbond substituents is 1. The van der Waals surface area contributed by atoms with Crippen LogP contribution in [0.5, 0.6) is 11.5 Å². The van der Waals surface area contributed by atoms with Crippen LogP contribution in [0, 0.1) is 0 Å². The third-order valence-corrected chi connectivity index (χ3v) is 5.31. The van der Waals surface area contributed by atoms with E-state index in [2.05, 4.69) is 21.5 Å². The van der Waals surface area contributed by atoms with Gasteiger partial charge in [0.25, 0.3) is 5.91 Å². The van der Waals surface area contributed by atoms with Crippen molar-refractivity contribution >= 4 is 21.0 Å². The van der Waals surface area contributed by atoms with Crippen LogP contribution in [-0.4, -0.2) is 35.6 Å². The molecular weight excluding hydrogens is 311 g/mol. The highest BCUT2D eigenvalue weighted by Gasteiger charge is 2.40. The Balaban J connectivity index is 1.85. The van der Waals surface area contributed by atoms with E-state index in [1.54, 1.807) is 12.1 Å². The fourth-order valence-corrected chi connectivity index (χ4v) is 4.19. The van der Waals surface area contributed by atoms with Crippen molar-refractivity contribution in [2.75, 3.05) is 18.3 Å². The molecule has 23 heavy (non-hydrogen) atoms. The van der Waals surface area contributed by atoms with Crippen LogP contribution in [0.3, 0.4) is 0 Å². The average Bonchev–Trinajstić information content (AvgIpc) is 2.87. The van der Waals surface area contributed by atoms with Crippen LogP contribution in [0.2, 0.25) is 0 Å². The van der Waals surface area contributed by atoms with E-state index < -0.39 is 0 Å². The average molecular weight is 330 g/mol. The van der Waals surface area contributed by atoms with Crippen molar-refractivity contribution in [1.82, 2.24) is 4.90 Å². The number of hydrogen-bond acceptors (Lipinski definition) is 4. The van der Waals surface area contributed by atoms with E-state index in [1.807, 2.05) is 9.57 Å². The number of hydrogen-bond donors (Lipinski definition) is 1. The number of nitrogens with zero attached hydrogens (tertiary/aromatic N) is 2. The van der Waals surface area contributed by atoms with E-state index in [4.69, 9.17) is 4.74 Å². The molecule has 4 rings (SSSR count). The van der Waals surface area contributed by atoms with Crippen LogP contribution in [-0.2, 0) is 0 Å². The molecule has 3 aliphatic rings. The first-order chi connectivity index (χ1) is 11.1. The predicted octanol–water partition coefficient (Wildman–Crippen LogP) is 2.83. The highest BCUT2D eigenvalue weighted by atomic mass is 31.0. The van der Waals surface area contributed by atoms with Gasteiger partial charge in [0.15, 0.2) is 11.5 Å². The molecule has 1 N–H and O–H groups in total. The molecule has 1 aromatic carbocycles. The Kier molecular flexibility index (Phi) is 3.34. The lowest BCUT2D eigenvalue weighted by molar-refractivity contribution is 0.0783. The summed E-state index contributed by atoms with van der Waals surface area (Å²) >= 11 is 0. The Hall–Kier alpha value is -2.00. The Labute approximate surface area is 137 Å². The van der Waals surface area contributed by atoms with Gasteiger partial charge in [-0.1, -0.05) is 6.08 Å². The summed E-state index contributed by atoms with van der Waals surface area (Å²) < 4.78 is 7.15. The van der Waals surface area contributed by atoms with Gasteiger partial charge in [0.2, 0.25) is 0 Å². The highest BCUT2D eigenvalue weighted by molar-refractivity contribution is 7.19. The molecule has 6 heteroatoms. The zero-order valence-corrected chi connectivity index (χ0v) is 14.1. The number of benzene rings is 1. The number of carbonyl (C=O) groups excluding carboxylic acids is 1. The normalized spacial score (nSPS) is 22.7. The number of fused-ring (bicyclic) bond motifs is 3. The van der Waals surface area contributed by atoms with E-state index in [1.165, 1.54) is 12.7 Å². The van der Waals surface area contributed by atoms with Crippen LogP contribution in [0.4, 0.5) is 5.69 Å². The maximum absolute atomic E-state index is 13.2. The molecule has 5 nitrogen and oxygen atoms in total. The maximum Gasteiger partial charge on any atom is 0.260 e. The fraction of sp³-hybridized carbons (Fsp3) is 0.353. The summed E-state index contributed by atoms with van der Waals surface area (Å²) in [4.78, 5) is 15.1. The molecule has 2 aliphatic heterocycles. The number of rotatable bonds is 1. The first-order valence-electron chi connectivity index (χ1n) is 7.75. The highest BCUT2D eigenvalue weighted by Crippen LogP contribution is 2.43. The minimum absolute atomic E-state index is 0.0233. The van der Waals surface area contributed by atoms with Gasteiger partial charge >= 0.3 is 0 Å². The molecule has 2 atom stereocenters. The molecule has 2 unspecified atom stereocenters. The van der Waals surface area contributed by atoms with E-state index in [0.29, 0.717) is 11.3 Å². The zero-order valence-electron chi connectivity index (χ0n) is 13.0. The molecule has 0 spiro atoms. The van der Waals surface area contributed by atoms with Crippen LogP contribution in [0.25, 0.3) is 0 Å². The molecule has 0 fully saturated rings. The third kappa shape index (κ3) is 2.14. The second kappa shape index (κ2) is 5.27. The minimum atomic E-state index is -0.0233. The molecule has 1 amide bonds. The van der Waals surface area contributed by atoms with Crippen LogP contribution >= 0.6 is 9.39 Å². The van der Waals surface area contributed by atoms with Gasteiger partial charge in [-0.3, -0.25) is 4.79 Å². The van der Waals surface area contributed by atoms with Crippen molar-refractivity contribution in [3.8, 4) is 11.5 Å². The number of methoxy groups -OCH3 is 1. The van der Waals surface area contributed by atoms with Gasteiger partial charge in [0.1, 0.15) is 0 Å². The van der Waals surface area contributed by atoms with Crippen molar-refractivity contribution in [2.24, 2.45) is 0 Å².